The number of hydrogen-bond acceptors (Lipinski definition) is 5. The molecule has 2 fully saturated rings. The summed E-state index contributed by atoms with van der Waals surface area (Å²) in [4.78, 5) is 16.9. The van der Waals surface area contributed by atoms with Crippen molar-refractivity contribution in [1.82, 2.24) is 9.80 Å². The highest BCUT2D eigenvalue weighted by Gasteiger charge is 2.47. The van der Waals surface area contributed by atoms with Gasteiger partial charge in [0.1, 0.15) is 5.76 Å². The first kappa shape index (κ1) is 20.9. The van der Waals surface area contributed by atoms with Crippen LogP contribution in [0, 0.1) is 6.92 Å². The third-order valence-corrected chi connectivity index (χ3v) is 7.35. The number of carbonyl (C=O) groups excluding carboxylic acids is 1. The first-order chi connectivity index (χ1) is 12.9. The molecule has 0 bridgehead atoms. The lowest BCUT2D eigenvalue weighted by molar-refractivity contribution is -0.136. The fourth-order valence-corrected chi connectivity index (χ4v) is 6.22. The minimum absolute atomic E-state index is 0. The average Bonchev–Trinajstić information content (AvgIpc) is 3.23. The topological polar surface area (TPSA) is 70.8 Å². The Morgan fingerprint density at radius 2 is 1.86 bits per heavy atom. The van der Waals surface area contributed by atoms with Crippen LogP contribution in [0.15, 0.2) is 47.1 Å². The van der Waals surface area contributed by atoms with Crippen LogP contribution in [0.3, 0.4) is 0 Å². The molecule has 0 spiro atoms. The lowest BCUT2D eigenvalue weighted by atomic mass is 10.0. The molecule has 1 amide bonds. The monoisotopic (exact) mass is 424 g/mol. The van der Waals surface area contributed by atoms with Crippen LogP contribution in [-0.4, -0.2) is 60.8 Å². The Hall–Kier alpha value is -1.83. The summed E-state index contributed by atoms with van der Waals surface area (Å²) in [6.45, 7) is 3.76. The Balaban J connectivity index is 0.00000225. The van der Waals surface area contributed by atoms with Crippen LogP contribution in [0.5, 0.6) is 0 Å². The molecule has 0 saturated carbocycles. The van der Waals surface area contributed by atoms with Gasteiger partial charge in [0, 0.05) is 19.1 Å². The minimum atomic E-state index is -3.15. The highest BCUT2D eigenvalue weighted by atomic mass is 35.5. The van der Waals surface area contributed by atoms with Gasteiger partial charge in [0.25, 0.3) is 0 Å². The molecule has 0 radical (unpaired) electrons. The number of rotatable bonds is 4. The van der Waals surface area contributed by atoms with Crippen molar-refractivity contribution in [2.75, 3.05) is 24.6 Å². The predicted octanol–water partition coefficient (Wildman–Crippen LogP) is 2.06. The summed E-state index contributed by atoms with van der Waals surface area (Å²) in [5.74, 6) is 0.977. The van der Waals surface area contributed by atoms with Gasteiger partial charge in [-0.15, -0.1) is 12.4 Å². The van der Waals surface area contributed by atoms with Crippen LogP contribution in [0.4, 0.5) is 0 Å². The number of hydrogen-bond donors (Lipinski definition) is 0. The third-order valence-electron chi connectivity index (χ3n) is 5.65. The zero-order valence-electron chi connectivity index (χ0n) is 15.8. The van der Waals surface area contributed by atoms with Crippen molar-refractivity contribution in [1.29, 1.82) is 0 Å². The average molecular weight is 425 g/mol. The van der Waals surface area contributed by atoms with Crippen LogP contribution in [0.2, 0.25) is 0 Å². The molecule has 1 aromatic carbocycles. The fraction of sp³-hybridized carbons (Fsp3) is 0.450. The number of piperazine rings is 1. The predicted molar refractivity (Wildman–Crippen MR) is 109 cm³/mol. The molecule has 1 aromatic heterocycles. The molecule has 3 heterocycles. The molecule has 2 aromatic rings. The van der Waals surface area contributed by atoms with E-state index in [2.05, 4.69) is 4.90 Å². The molecular formula is C20H25ClN2O4S. The van der Waals surface area contributed by atoms with Crippen molar-refractivity contribution in [2.24, 2.45) is 0 Å². The van der Waals surface area contributed by atoms with Crippen molar-refractivity contribution in [3.05, 3.63) is 59.5 Å². The molecule has 4 rings (SSSR count). The maximum atomic E-state index is 13.0. The number of benzene rings is 1. The van der Waals surface area contributed by atoms with Gasteiger partial charge in [0.05, 0.1) is 36.8 Å². The van der Waals surface area contributed by atoms with Crippen molar-refractivity contribution in [2.45, 2.75) is 32.0 Å². The summed E-state index contributed by atoms with van der Waals surface area (Å²) >= 11 is 0. The van der Waals surface area contributed by atoms with Gasteiger partial charge >= 0.3 is 0 Å². The number of carbonyl (C=O) groups is 1. The molecule has 2 atom stereocenters. The second-order valence-electron chi connectivity index (χ2n) is 7.45. The molecule has 0 unspecified atom stereocenters. The lowest BCUT2D eigenvalue weighted by Crippen LogP contribution is -2.60. The zero-order valence-corrected chi connectivity index (χ0v) is 17.4. The number of amides is 1. The van der Waals surface area contributed by atoms with Crippen LogP contribution >= 0.6 is 12.4 Å². The Morgan fingerprint density at radius 1 is 1.11 bits per heavy atom. The van der Waals surface area contributed by atoms with E-state index in [1.54, 1.807) is 11.2 Å². The number of sulfone groups is 1. The van der Waals surface area contributed by atoms with Crippen LogP contribution in [0.25, 0.3) is 0 Å². The summed E-state index contributed by atoms with van der Waals surface area (Å²) in [6.07, 6.45) is 1.94. The summed E-state index contributed by atoms with van der Waals surface area (Å²) in [7, 11) is -3.15. The standard InChI is InChI=1S/C20H24N2O4S.ClH/c1-15-5-2-3-6-16(15)11-20(23)22-9-8-21(12-17-7-4-10-26-17)18-13-27(24,25)14-19(18)22;/h2-7,10,18-19H,8-9,11-14H2,1H3;1H/t18-,19+;/m1./s1. The Morgan fingerprint density at radius 3 is 2.57 bits per heavy atom. The fourth-order valence-electron chi connectivity index (χ4n) is 4.21. The highest BCUT2D eigenvalue weighted by molar-refractivity contribution is 7.91. The second-order valence-corrected chi connectivity index (χ2v) is 9.61. The van der Waals surface area contributed by atoms with Crippen LogP contribution < -0.4 is 0 Å². The highest BCUT2D eigenvalue weighted by Crippen LogP contribution is 2.29. The minimum Gasteiger partial charge on any atom is -0.468 e. The molecule has 0 aliphatic carbocycles. The van der Waals surface area contributed by atoms with E-state index in [9.17, 15) is 13.2 Å². The van der Waals surface area contributed by atoms with Crippen molar-refractivity contribution < 1.29 is 17.6 Å². The first-order valence-corrected chi connectivity index (χ1v) is 11.1. The quantitative estimate of drug-likeness (QED) is 0.751. The van der Waals surface area contributed by atoms with Gasteiger partial charge in [-0.05, 0) is 30.2 Å². The Kier molecular flexibility index (Phi) is 6.17. The van der Waals surface area contributed by atoms with Gasteiger partial charge in [0.15, 0.2) is 9.84 Å². The van der Waals surface area contributed by atoms with Crippen molar-refractivity contribution in [3.8, 4) is 0 Å². The van der Waals surface area contributed by atoms with Gasteiger partial charge in [0.2, 0.25) is 5.91 Å². The van der Waals surface area contributed by atoms with Crippen molar-refractivity contribution >= 4 is 28.2 Å². The molecule has 2 saturated heterocycles. The van der Waals surface area contributed by atoms with Crippen molar-refractivity contribution in [3.63, 3.8) is 0 Å². The summed E-state index contributed by atoms with van der Waals surface area (Å²) in [5.41, 5.74) is 2.08. The number of fused-ring (bicyclic) bond motifs is 1. The van der Waals surface area contributed by atoms with E-state index in [0.29, 0.717) is 26.1 Å². The Bertz CT molecular complexity index is 929. The second kappa shape index (κ2) is 8.27. The lowest BCUT2D eigenvalue weighted by Gasteiger charge is -2.43. The third kappa shape index (κ3) is 4.26. The van der Waals surface area contributed by atoms with E-state index >= 15 is 0 Å². The van der Waals surface area contributed by atoms with Gasteiger partial charge < -0.3 is 9.32 Å². The van der Waals surface area contributed by atoms with E-state index in [1.165, 1.54) is 0 Å². The van der Waals surface area contributed by atoms with Crippen LogP contribution in [0.1, 0.15) is 16.9 Å². The van der Waals surface area contributed by atoms with E-state index in [0.717, 1.165) is 16.9 Å². The molecule has 0 N–H and O–H groups in total. The van der Waals surface area contributed by atoms with Gasteiger partial charge in [-0.2, -0.15) is 0 Å². The molecule has 8 heteroatoms. The maximum absolute atomic E-state index is 13.0. The normalized spacial score (nSPS) is 23.8. The SMILES string of the molecule is Cc1ccccc1CC(=O)N1CCN(Cc2ccco2)[C@@H]2CS(=O)(=O)C[C@@H]21.Cl. The first-order valence-electron chi connectivity index (χ1n) is 9.24. The largest absolute Gasteiger partial charge is 0.468 e. The van der Waals surface area contributed by atoms with Gasteiger partial charge in [-0.25, -0.2) is 8.42 Å². The van der Waals surface area contributed by atoms with Gasteiger partial charge in [-0.3, -0.25) is 9.69 Å². The van der Waals surface area contributed by atoms with Gasteiger partial charge in [-0.1, -0.05) is 24.3 Å². The van der Waals surface area contributed by atoms with E-state index in [1.807, 2.05) is 43.3 Å². The number of halogens is 1. The molecule has 2 aliphatic heterocycles. The molecular weight excluding hydrogens is 400 g/mol. The van der Waals surface area contributed by atoms with E-state index < -0.39 is 9.84 Å². The number of furan rings is 1. The summed E-state index contributed by atoms with van der Waals surface area (Å²) in [5, 5.41) is 0. The maximum Gasteiger partial charge on any atom is 0.227 e. The van der Waals surface area contributed by atoms with E-state index in [-0.39, 0.29) is 41.9 Å². The molecule has 152 valence electrons. The summed E-state index contributed by atoms with van der Waals surface area (Å²) in [6, 6.07) is 11.1. The number of aryl methyl sites for hydroxylation is 1. The molecule has 6 nitrogen and oxygen atoms in total. The summed E-state index contributed by atoms with van der Waals surface area (Å²) < 4.78 is 30.1. The smallest absolute Gasteiger partial charge is 0.227 e. The van der Waals surface area contributed by atoms with Crippen LogP contribution in [-0.2, 0) is 27.6 Å². The van der Waals surface area contributed by atoms with E-state index in [4.69, 9.17) is 4.42 Å². The number of nitrogens with zero attached hydrogens (tertiary/aromatic N) is 2. The zero-order chi connectivity index (χ0) is 19.0. The Labute approximate surface area is 171 Å². The molecule has 28 heavy (non-hydrogen) atoms. The molecule has 2 aliphatic rings.